The van der Waals surface area contributed by atoms with Crippen LogP contribution in [0.3, 0.4) is 0 Å². The van der Waals surface area contributed by atoms with Gasteiger partial charge in [0.05, 0.1) is 5.56 Å². The van der Waals surface area contributed by atoms with Gasteiger partial charge in [0.2, 0.25) is 5.91 Å². The monoisotopic (exact) mass is 341 g/mol. The molecule has 5 nitrogen and oxygen atoms in total. The maximum absolute atomic E-state index is 13.0. The van der Waals surface area contributed by atoms with E-state index < -0.39 is 0 Å². The van der Waals surface area contributed by atoms with E-state index in [1.807, 2.05) is 51.9 Å². The van der Waals surface area contributed by atoms with Crippen LogP contribution in [0.2, 0.25) is 0 Å². The van der Waals surface area contributed by atoms with Crippen LogP contribution >= 0.6 is 0 Å². The molecule has 25 heavy (non-hydrogen) atoms. The Morgan fingerprint density at radius 1 is 1.00 bits per heavy atom. The normalized spacial score (nSPS) is 15.2. The minimum absolute atomic E-state index is 0.0615. The number of piperazine rings is 1. The standard InChI is InChI=1S/C20H27N3O2/c1-4-15(5-2)19(24)22-10-12-23(13-11-22)20(25)17-14-21(3)18-9-7-6-8-16(17)18/h6-9,14-15H,4-5,10-13H2,1-3H3. The molecule has 0 saturated carbocycles. The van der Waals surface area contributed by atoms with E-state index >= 15 is 0 Å². The van der Waals surface area contributed by atoms with Crippen molar-refractivity contribution in [2.45, 2.75) is 26.7 Å². The molecule has 1 saturated heterocycles. The smallest absolute Gasteiger partial charge is 0.256 e. The van der Waals surface area contributed by atoms with E-state index in [0.717, 1.165) is 29.3 Å². The molecule has 0 spiro atoms. The van der Waals surface area contributed by atoms with Gasteiger partial charge in [0, 0.05) is 56.2 Å². The zero-order valence-electron chi connectivity index (χ0n) is 15.4. The van der Waals surface area contributed by atoms with Gasteiger partial charge in [0.15, 0.2) is 0 Å². The number of para-hydroxylation sites is 1. The summed E-state index contributed by atoms with van der Waals surface area (Å²) in [6.07, 6.45) is 3.67. The highest BCUT2D eigenvalue weighted by molar-refractivity contribution is 6.07. The largest absolute Gasteiger partial charge is 0.350 e. The third kappa shape index (κ3) is 3.28. The van der Waals surface area contributed by atoms with E-state index in [0.29, 0.717) is 26.2 Å². The molecule has 2 amide bonds. The second-order valence-corrected chi connectivity index (χ2v) is 6.80. The third-order valence-electron chi connectivity index (χ3n) is 5.34. The molecule has 0 radical (unpaired) electrons. The van der Waals surface area contributed by atoms with Crippen LogP contribution in [0.4, 0.5) is 0 Å². The molecule has 0 aliphatic carbocycles. The Labute approximate surface area is 149 Å². The Balaban J connectivity index is 1.70. The SMILES string of the molecule is CCC(CC)C(=O)N1CCN(C(=O)c2cn(C)c3ccccc23)CC1. The van der Waals surface area contributed by atoms with Crippen molar-refractivity contribution in [2.75, 3.05) is 26.2 Å². The van der Waals surface area contributed by atoms with Crippen LogP contribution in [0.5, 0.6) is 0 Å². The molecule has 5 heteroatoms. The summed E-state index contributed by atoms with van der Waals surface area (Å²) in [5.74, 6) is 0.411. The van der Waals surface area contributed by atoms with Crippen molar-refractivity contribution < 1.29 is 9.59 Å². The highest BCUT2D eigenvalue weighted by atomic mass is 16.2. The second kappa shape index (κ2) is 7.30. The summed E-state index contributed by atoms with van der Waals surface area (Å²) < 4.78 is 2.00. The Morgan fingerprint density at radius 3 is 2.24 bits per heavy atom. The van der Waals surface area contributed by atoms with Crippen LogP contribution in [0, 0.1) is 5.92 Å². The van der Waals surface area contributed by atoms with E-state index in [4.69, 9.17) is 0 Å². The number of aromatic nitrogens is 1. The molecule has 0 bridgehead atoms. The number of hydrogen-bond donors (Lipinski definition) is 0. The first kappa shape index (κ1) is 17.5. The molecule has 1 aliphatic rings. The maximum Gasteiger partial charge on any atom is 0.256 e. The van der Waals surface area contributed by atoms with Gasteiger partial charge in [-0.25, -0.2) is 0 Å². The highest BCUT2D eigenvalue weighted by Gasteiger charge is 2.28. The van der Waals surface area contributed by atoms with Crippen LogP contribution in [0.15, 0.2) is 30.5 Å². The summed E-state index contributed by atoms with van der Waals surface area (Å²) in [5, 5.41) is 0.991. The first-order valence-electron chi connectivity index (χ1n) is 9.18. The molecule has 134 valence electrons. The Bertz CT molecular complexity index is 768. The van der Waals surface area contributed by atoms with E-state index in [1.165, 1.54) is 0 Å². The van der Waals surface area contributed by atoms with Crippen molar-refractivity contribution in [3.8, 4) is 0 Å². The average Bonchev–Trinajstić information content (AvgIpc) is 2.99. The summed E-state index contributed by atoms with van der Waals surface area (Å²) in [6.45, 7) is 6.60. The lowest BCUT2D eigenvalue weighted by Crippen LogP contribution is -2.51. The fourth-order valence-corrected chi connectivity index (χ4v) is 3.71. The topological polar surface area (TPSA) is 45.6 Å². The minimum Gasteiger partial charge on any atom is -0.350 e. The molecule has 1 aromatic heterocycles. The first-order valence-corrected chi connectivity index (χ1v) is 9.18. The van der Waals surface area contributed by atoms with Crippen molar-refractivity contribution in [3.05, 3.63) is 36.0 Å². The molecule has 2 aromatic rings. The van der Waals surface area contributed by atoms with Gasteiger partial charge in [-0.15, -0.1) is 0 Å². The molecule has 0 N–H and O–H groups in total. The zero-order chi connectivity index (χ0) is 18.0. The molecule has 0 unspecified atom stereocenters. The predicted octanol–water partition coefficient (Wildman–Crippen LogP) is 2.90. The van der Waals surface area contributed by atoms with Crippen molar-refractivity contribution in [3.63, 3.8) is 0 Å². The second-order valence-electron chi connectivity index (χ2n) is 6.80. The van der Waals surface area contributed by atoms with Gasteiger partial charge in [-0.2, -0.15) is 0 Å². The molecular weight excluding hydrogens is 314 g/mol. The predicted molar refractivity (Wildman–Crippen MR) is 99.5 cm³/mol. The van der Waals surface area contributed by atoms with E-state index in [9.17, 15) is 9.59 Å². The number of aryl methyl sites for hydroxylation is 1. The number of rotatable bonds is 4. The van der Waals surface area contributed by atoms with E-state index in [1.54, 1.807) is 0 Å². The summed E-state index contributed by atoms with van der Waals surface area (Å²) in [4.78, 5) is 29.3. The minimum atomic E-state index is 0.0615. The van der Waals surface area contributed by atoms with Gasteiger partial charge < -0.3 is 14.4 Å². The summed E-state index contributed by atoms with van der Waals surface area (Å²) in [6, 6.07) is 7.97. The number of carbonyl (C=O) groups excluding carboxylic acids is 2. The lowest BCUT2D eigenvalue weighted by atomic mass is 10.0. The number of fused-ring (bicyclic) bond motifs is 1. The maximum atomic E-state index is 13.0. The Morgan fingerprint density at radius 2 is 1.60 bits per heavy atom. The van der Waals surface area contributed by atoms with Gasteiger partial charge >= 0.3 is 0 Å². The highest BCUT2D eigenvalue weighted by Crippen LogP contribution is 2.22. The molecule has 0 atom stereocenters. The number of amides is 2. The molecule has 1 aromatic carbocycles. The number of carbonyl (C=O) groups is 2. The lowest BCUT2D eigenvalue weighted by molar-refractivity contribution is -0.137. The average molecular weight is 341 g/mol. The van der Waals surface area contributed by atoms with Gasteiger partial charge in [-0.3, -0.25) is 9.59 Å². The Hall–Kier alpha value is -2.30. The van der Waals surface area contributed by atoms with E-state index in [-0.39, 0.29) is 17.7 Å². The van der Waals surface area contributed by atoms with E-state index in [2.05, 4.69) is 13.8 Å². The molecular formula is C20H27N3O2. The zero-order valence-corrected chi connectivity index (χ0v) is 15.4. The molecule has 3 rings (SSSR count). The lowest BCUT2D eigenvalue weighted by Gasteiger charge is -2.36. The number of hydrogen-bond acceptors (Lipinski definition) is 2. The first-order chi connectivity index (χ1) is 12.1. The summed E-state index contributed by atoms with van der Waals surface area (Å²) in [7, 11) is 1.96. The van der Waals surface area contributed by atoms with Crippen molar-refractivity contribution in [2.24, 2.45) is 13.0 Å². The Kier molecular flexibility index (Phi) is 5.11. The van der Waals surface area contributed by atoms with Crippen molar-refractivity contribution in [1.29, 1.82) is 0 Å². The van der Waals surface area contributed by atoms with Crippen LogP contribution < -0.4 is 0 Å². The fourth-order valence-electron chi connectivity index (χ4n) is 3.71. The molecule has 1 fully saturated rings. The summed E-state index contributed by atoms with van der Waals surface area (Å²) >= 11 is 0. The summed E-state index contributed by atoms with van der Waals surface area (Å²) in [5.41, 5.74) is 1.81. The van der Waals surface area contributed by atoms with Crippen LogP contribution in [-0.2, 0) is 11.8 Å². The van der Waals surface area contributed by atoms with Crippen LogP contribution in [-0.4, -0.2) is 52.4 Å². The van der Waals surface area contributed by atoms with Gasteiger partial charge in [-0.1, -0.05) is 32.0 Å². The quantitative estimate of drug-likeness (QED) is 0.858. The van der Waals surface area contributed by atoms with Gasteiger partial charge in [0.1, 0.15) is 0 Å². The van der Waals surface area contributed by atoms with Gasteiger partial charge in [0.25, 0.3) is 5.91 Å². The number of benzene rings is 1. The fraction of sp³-hybridized carbons (Fsp3) is 0.500. The molecule has 2 heterocycles. The third-order valence-corrected chi connectivity index (χ3v) is 5.34. The van der Waals surface area contributed by atoms with Crippen LogP contribution in [0.1, 0.15) is 37.0 Å². The van der Waals surface area contributed by atoms with Crippen LogP contribution in [0.25, 0.3) is 10.9 Å². The van der Waals surface area contributed by atoms with Gasteiger partial charge in [-0.05, 0) is 18.9 Å². The molecule has 1 aliphatic heterocycles. The van der Waals surface area contributed by atoms with Crippen molar-refractivity contribution >= 4 is 22.7 Å². The van der Waals surface area contributed by atoms with Crippen molar-refractivity contribution in [1.82, 2.24) is 14.4 Å². The number of nitrogens with zero attached hydrogens (tertiary/aromatic N) is 3.